The number of nitrogens with one attached hydrogen (secondary N) is 1. The molecule has 2 rings (SSSR count). The first-order valence-electron chi connectivity index (χ1n) is 5.64. The van der Waals surface area contributed by atoms with Crippen LogP contribution in [-0.2, 0) is 7.05 Å². The number of carbonyl (C=O) groups excluding carboxylic acids is 1. The minimum Gasteiger partial charge on any atom is -0.494 e. The topological polar surface area (TPSA) is 77.0 Å². The second kappa shape index (κ2) is 5.91. The molecular formula is C12H12FN3O3S. The standard InChI is InChI=1S/C12H12FN3O3S/c1-16-11(18)14-15-12(16)20-6-9(17)7-3-4-10(19-2)8(13)5-7/h3-5H,6H2,1-2H3,(H,14,18). The molecule has 0 fully saturated rings. The largest absolute Gasteiger partial charge is 0.494 e. The smallest absolute Gasteiger partial charge is 0.343 e. The molecule has 1 aromatic carbocycles. The van der Waals surface area contributed by atoms with E-state index < -0.39 is 5.82 Å². The first kappa shape index (κ1) is 14.3. The molecule has 2 aromatic rings. The quantitative estimate of drug-likeness (QED) is 0.663. The number of hydrogen-bond acceptors (Lipinski definition) is 5. The van der Waals surface area contributed by atoms with Crippen LogP contribution in [0, 0.1) is 5.82 Å². The maximum Gasteiger partial charge on any atom is 0.343 e. The van der Waals surface area contributed by atoms with Crippen molar-refractivity contribution in [3.8, 4) is 5.75 Å². The van der Waals surface area contributed by atoms with Crippen molar-refractivity contribution in [3.05, 3.63) is 40.1 Å². The summed E-state index contributed by atoms with van der Waals surface area (Å²) < 4.78 is 19.6. The van der Waals surface area contributed by atoms with Crippen LogP contribution in [0.4, 0.5) is 4.39 Å². The van der Waals surface area contributed by atoms with Crippen molar-refractivity contribution >= 4 is 17.5 Å². The highest BCUT2D eigenvalue weighted by Gasteiger charge is 2.13. The number of thioether (sulfide) groups is 1. The van der Waals surface area contributed by atoms with Crippen molar-refractivity contribution in [2.45, 2.75) is 5.16 Å². The molecule has 0 saturated heterocycles. The molecule has 1 N–H and O–H groups in total. The van der Waals surface area contributed by atoms with Crippen molar-refractivity contribution in [2.75, 3.05) is 12.9 Å². The molecule has 20 heavy (non-hydrogen) atoms. The van der Waals surface area contributed by atoms with Gasteiger partial charge < -0.3 is 4.74 Å². The van der Waals surface area contributed by atoms with Gasteiger partial charge in [-0.3, -0.25) is 9.36 Å². The van der Waals surface area contributed by atoms with Crippen molar-refractivity contribution in [1.29, 1.82) is 0 Å². The number of rotatable bonds is 5. The van der Waals surface area contributed by atoms with E-state index in [1.54, 1.807) is 7.05 Å². The first-order chi connectivity index (χ1) is 9.52. The van der Waals surface area contributed by atoms with Crippen LogP contribution in [0.2, 0.25) is 0 Å². The van der Waals surface area contributed by atoms with E-state index in [9.17, 15) is 14.0 Å². The summed E-state index contributed by atoms with van der Waals surface area (Å²) in [6, 6.07) is 4.03. The molecule has 0 saturated carbocycles. The maximum absolute atomic E-state index is 13.5. The third-order valence-electron chi connectivity index (χ3n) is 2.64. The molecule has 0 atom stereocenters. The van der Waals surface area contributed by atoms with E-state index in [0.717, 1.165) is 17.8 Å². The van der Waals surface area contributed by atoms with Crippen LogP contribution in [0.1, 0.15) is 10.4 Å². The summed E-state index contributed by atoms with van der Waals surface area (Å²) in [5.41, 5.74) is -0.105. The number of H-pyrrole nitrogens is 1. The highest BCUT2D eigenvalue weighted by molar-refractivity contribution is 7.99. The van der Waals surface area contributed by atoms with Crippen molar-refractivity contribution in [3.63, 3.8) is 0 Å². The highest BCUT2D eigenvalue weighted by Crippen LogP contribution is 2.20. The van der Waals surface area contributed by atoms with Gasteiger partial charge in [-0.25, -0.2) is 14.3 Å². The average molecular weight is 297 g/mol. The predicted molar refractivity (Wildman–Crippen MR) is 71.8 cm³/mol. The average Bonchev–Trinajstić information content (AvgIpc) is 2.76. The number of benzene rings is 1. The number of aromatic amines is 1. The summed E-state index contributed by atoms with van der Waals surface area (Å²) >= 11 is 1.10. The molecule has 0 aliphatic carbocycles. The lowest BCUT2D eigenvalue weighted by atomic mass is 10.1. The van der Waals surface area contributed by atoms with Gasteiger partial charge in [-0.1, -0.05) is 11.8 Å². The number of methoxy groups -OCH3 is 1. The van der Waals surface area contributed by atoms with Crippen LogP contribution in [0.15, 0.2) is 28.2 Å². The van der Waals surface area contributed by atoms with E-state index in [-0.39, 0.29) is 28.5 Å². The van der Waals surface area contributed by atoms with Crippen LogP contribution in [0.5, 0.6) is 5.75 Å². The molecule has 0 radical (unpaired) electrons. The van der Waals surface area contributed by atoms with Crippen molar-refractivity contribution in [1.82, 2.24) is 14.8 Å². The lowest BCUT2D eigenvalue weighted by Gasteiger charge is -2.04. The summed E-state index contributed by atoms with van der Waals surface area (Å²) in [5.74, 6) is -0.699. The number of aromatic nitrogens is 3. The fourth-order valence-electron chi connectivity index (χ4n) is 1.51. The third-order valence-corrected chi connectivity index (χ3v) is 3.67. The van der Waals surface area contributed by atoms with Gasteiger partial charge in [-0.2, -0.15) is 0 Å². The van der Waals surface area contributed by atoms with Gasteiger partial charge >= 0.3 is 5.69 Å². The Morgan fingerprint density at radius 1 is 1.55 bits per heavy atom. The maximum atomic E-state index is 13.5. The Balaban J connectivity index is 2.07. The third kappa shape index (κ3) is 2.90. The van der Waals surface area contributed by atoms with E-state index in [4.69, 9.17) is 4.74 Å². The number of ketones is 1. The summed E-state index contributed by atoms with van der Waals surface area (Å²) in [7, 11) is 2.90. The highest BCUT2D eigenvalue weighted by atomic mass is 32.2. The van der Waals surface area contributed by atoms with E-state index in [2.05, 4.69) is 10.2 Å². The molecule has 1 aromatic heterocycles. The molecule has 106 valence electrons. The molecule has 1 heterocycles. The minimum atomic E-state index is -0.587. The van der Waals surface area contributed by atoms with Crippen molar-refractivity contribution < 1.29 is 13.9 Å². The second-order valence-electron chi connectivity index (χ2n) is 3.93. The Morgan fingerprint density at radius 2 is 2.30 bits per heavy atom. The number of nitrogens with zero attached hydrogens (tertiary/aromatic N) is 2. The van der Waals surface area contributed by atoms with Gasteiger partial charge in [0.05, 0.1) is 12.9 Å². The van der Waals surface area contributed by atoms with E-state index in [1.165, 1.54) is 23.8 Å². The summed E-state index contributed by atoms with van der Waals surface area (Å²) in [6.45, 7) is 0. The minimum absolute atomic E-state index is 0.0594. The molecule has 0 aliphatic heterocycles. The van der Waals surface area contributed by atoms with E-state index in [1.807, 2.05) is 0 Å². The molecule has 6 nitrogen and oxygen atoms in total. The van der Waals surface area contributed by atoms with E-state index in [0.29, 0.717) is 5.16 Å². The zero-order valence-corrected chi connectivity index (χ0v) is 11.7. The molecule has 0 bridgehead atoms. The molecule has 0 amide bonds. The van der Waals surface area contributed by atoms with Gasteiger partial charge in [0, 0.05) is 12.6 Å². The van der Waals surface area contributed by atoms with Crippen LogP contribution in [0.3, 0.4) is 0 Å². The SMILES string of the molecule is COc1ccc(C(=O)CSc2n[nH]c(=O)n2C)cc1F. The Labute approximate surface area is 118 Å². The monoisotopic (exact) mass is 297 g/mol. The summed E-state index contributed by atoms with van der Waals surface area (Å²) in [6.07, 6.45) is 0. The number of hydrogen-bond donors (Lipinski definition) is 1. The van der Waals surface area contributed by atoms with Gasteiger partial charge in [0.1, 0.15) is 0 Å². The van der Waals surface area contributed by atoms with Gasteiger partial charge in [-0.15, -0.1) is 5.10 Å². The zero-order valence-electron chi connectivity index (χ0n) is 10.8. The number of carbonyl (C=O) groups is 1. The van der Waals surface area contributed by atoms with Gasteiger partial charge in [0.25, 0.3) is 0 Å². The lowest BCUT2D eigenvalue weighted by Crippen LogP contribution is -2.13. The van der Waals surface area contributed by atoms with Gasteiger partial charge in [0.2, 0.25) is 0 Å². The Morgan fingerprint density at radius 3 is 2.85 bits per heavy atom. The zero-order chi connectivity index (χ0) is 14.7. The number of ether oxygens (including phenoxy) is 1. The summed E-state index contributed by atoms with van der Waals surface area (Å²) in [5, 5.41) is 6.44. The normalized spacial score (nSPS) is 10.6. The van der Waals surface area contributed by atoms with Crippen LogP contribution in [0.25, 0.3) is 0 Å². The number of halogens is 1. The Kier molecular flexibility index (Phi) is 4.23. The predicted octanol–water partition coefficient (Wildman–Crippen LogP) is 1.23. The molecule has 0 aliphatic rings. The molecule has 0 spiro atoms. The second-order valence-corrected chi connectivity index (χ2v) is 4.87. The molecular weight excluding hydrogens is 285 g/mol. The van der Waals surface area contributed by atoms with Crippen LogP contribution in [-0.4, -0.2) is 33.4 Å². The van der Waals surface area contributed by atoms with Gasteiger partial charge in [0.15, 0.2) is 22.5 Å². The molecule has 8 heteroatoms. The molecule has 0 unspecified atom stereocenters. The van der Waals surface area contributed by atoms with Crippen LogP contribution < -0.4 is 10.4 Å². The Hall–Kier alpha value is -2.09. The Bertz CT molecular complexity index is 695. The number of Topliss-reactive ketones (excluding diaryl/α,β-unsaturated/α-hetero) is 1. The van der Waals surface area contributed by atoms with Gasteiger partial charge in [-0.05, 0) is 18.2 Å². The van der Waals surface area contributed by atoms with Crippen molar-refractivity contribution in [2.24, 2.45) is 7.05 Å². The first-order valence-corrected chi connectivity index (χ1v) is 6.62. The summed E-state index contributed by atoms with van der Waals surface area (Å²) in [4.78, 5) is 23.1. The fraction of sp³-hybridized carbons (Fsp3) is 0.250. The lowest BCUT2D eigenvalue weighted by molar-refractivity contribution is 0.102. The van der Waals surface area contributed by atoms with Crippen LogP contribution >= 0.6 is 11.8 Å². The van der Waals surface area contributed by atoms with E-state index >= 15 is 0 Å². The fourth-order valence-corrected chi connectivity index (χ4v) is 2.33.